The van der Waals surface area contributed by atoms with E-state index in [4.69, 9.17) is 0 Å². The van der Waals surface area contributed by atoms with E-state index in [1.807, 2.05) is 30.3 Å². The van der Waals surface area contributed by atoms with Crippen molar-refractivity contribution in [3.05, 3.63) is 57.2 Å². The Balaban J connectivity index is 1.70. The molecule has 1 heterocycles. The maximum Gasteiger partial charge on any atom is 0.256 e. The number of piperazine rings is 1. The number of hydrogen-bond donors (Lipinski definition) is 1. The fourth-order valence-corrected chi connectivity index (χ4v) is 3.87. The quantitative estimate of drug-likeness (QED) is 0.718. The molecule has 2 aromatic rings. The molecule has 0 unspecified atom stereocenters. The second-order valence-electron chi connectivity index (χ2n) is 6.36. The van der Waals surface area contributed by atoms with Crippen LogP contribution in [-0.2, 0) is 0 Å². The molecule has 5 heteroatoms. The maximum atomic E-state index is 12.5. The van der Waals surface area contributed by atoms with Crippen molar-refractivity contribution in [2.24, 2.45) is 0 Å². The van der Waals surface area contributed by atoms with Crippen molar-refractivity contribution in [3.8, 4) is 0 Å². The maximum absolute atomic E-state index is 12.5. The first-order valence-electron chi connectivity index (χ1n) is 8.72. The van der Waals surface area contributed by atoms with E-state index in [2.05, 4.69) is 63.7 Å². The highest BCUT2D eigenvalue weighted by Crippen LogP contribution is 2.25. The monoisotopic (exact) mass is 449 g/mol. The van der Waals surface area contributed by atoms with E-state index in [9.17, 15) is 4.79 Å². The molecule has 1 saturated heterocycles. The number of anilines is 2. The third kappa shape index (κ3) is 4.33. The number of hydrogen-bond acceptors (Lipinski definition) is 3. The standard InChI is InChI=1S/C20H24IN3O/c1-3-23-10-12-24(13-11-23)19-9-8-16(14-15(19)2)22-20(25)17-6-4-5-7-18(17)21/h4-9,14H,3,10-13H2,1-2H3,(H,22,25). The summed E-state index contributed by atoms with van der Waals surface area (Å²) in [4.78, 5) is 17.4. The minimum Gasteiger partial charge on any atom is -0.369 e. The minimum atomic E-state index is -0.0614. The fourth-order valence-electron chi connectivity index (χ4n) is 3.24. The third-order valence-electron chi connectivity index (χ3n) is 4.73. The number of carbonyl (C=O) groups excluding carboxylic acids is 1. The molecule has 0 saturated carbocycles. The Hall–Kier alpha value is -1.60. The van der Waals surface area contributed by atoms with Gasteiger partial charge < -0.3 is 15.1 Å². The molecule has 132 valence electrons. The topological polar surface area (TPSA) is 35.6 Å². The van der Waals surface area contributed by atoms with E-state index in [1.54, 1.807) is 0 Å². The summed E-state index contributed by atoms with van der Waals surface area (Å²) in [5.74, 6) is -0.0614. The Labute approximate surface area is 163 Å². The van der Waals surface area contributed by atoms with Gasteiger partial charge in [0, 0.05) is 41.1 Å². The van der Waals surface area contributed by atoms with Crippen LogP contribution in [0, 0.1) is 10.5 Å². The van der Waals surface area contributed by atoms with Crippen LogP contribution in [0.2, 0.25) is 0 Å². The average Bonchev–Trinajstić information content (AvgIpc) is 2.62. The molecule has 1 aliphatic heterocycles. The van der Waals surface area contributed by atoms with Gasteiger partial charge in [-0.15, -0.1) is 0 Å². The molecule has 1 N–H and O–H groups in total. The zero-order valence-corrected chi connectivity index (χ0v) is 16.9. The van der Waals surface area contributed by atoms with E-state index in [-0.39, 0.29) is 5.91 Å². The minimum absolute atomic E-state index is 0.0614. The number of likely N-dealkylation sites (N-methyl/N-ethyl adjacent to an activating group) is 1. The highest BCUT2D eigenvalue weighted by atomic mass is 127. The molecule has 0 aliphatic carbocycles. The van der Waals surface area contributed by atoms with Gasteiger partial charge in [-0.1, -0.05) is 19.1 Å². The van der Waals surface area contributed by atoms with Crippen LogP contribution in [-0.4, -0.2) is 43.5 Å². The van der Waals surface area contributed by atoms with Gasteiger partial charge in [0.15, 0.2) is 0 Å². The number of benzene rings is 2. The van der Waals surface area contributed by atoms with E-state index in [0.717, 1.165) is 42.0 Å². The molecule has 0 atom stereocenters. The summed E-state index contributed by atoms with van der Waals surface area (Å²) >= 11 is 2.19. The first-order chi connectivity index (χ1) is 12.1. The van der Waals surface area contributed by atoms with Gasteiger partial charge in [-0.05, 0) is 72.0 Å². The molecule has 3 rings (SSSR count). The predicted molar refractivity (Wildman–Crippen MR) is 113 cm³/mol. The van der Waals surface area contributed by atoms with Crippen LogP contribution < -0.4 is 10.2 Å². The molecule has 1 aliphatic rings. The average molecular weight is 449 g/mol. The van der Waals surface area contributed by atoms with Gasteiger partial charge in [0.25, 0.3) is 5.91 Å². The van der Waals surface area contributed by atoms with Gasteiger partial charge in [-0.25, -0.2) is 0 Å². The summed E-state index contributed by atoms with van der Waals surface area (Å²) < 4.78 is 0.958. The van der Waals surface area contributed by atoms with E-state index >= 15 is 0 Å². The molecular weight excluding hydrogens is 425 g/mol. The number of amides is 1. The lowest BCUT2D eigenvalue weighted by Crippen LogP contribution is -2.46. The first-order valence-corrected chi connectivity index (χ1v) is 9.80. The summed E-state index contributed by atoms with van der Waals surface area (Å²) in [6, 6.07) is 13.8. The predicted octanol–water partition coefficient (Wildman–Crippen LogP) is 3.99. The smallest absolute Gasteiger partial charge is 0.256 e. The van der Waals surface area contributed by atoms with E-state index in [1.165, 1.54) is 11.3 Å². The second-order valence-corrected chi connectivity index (χ2v) is 7.52. The van der Waals surface area contributed by atoms with Gasteiger partial charge in [0.1, 0.15) is 0 Å². The SMILES string of the molecule is CCN1CCN(c2ccc(NC(=O)c3ccccc3I)cc2C)CC1. The summed E-state index contributed by atoms with van der Waals surface area (Å²) in [6.07, 6.45) is 0. The Morgan fingerprint density at radius 3 is 2.48 bits per heavy atom. The van der Waals surface area contributed by atoms with Gasteiger partial charge in [-0.3, -0.25) is 4.79 Å². The number of rotatable bonds is 4. The lowest BCUT2D eigenvalue weighted by Gasteiger charge is -2.36. The second kappa shape index (κ2) is 8.19. The molecule has 0 radical (unpaired) electrons. The summed E-state index contributed by atoms with van der Waals surface area (Å²) in [7, 11) is 0. The third-order valence-corrected chi connectivity index (χ3v) is 5.67. The first kappa shape index (κ1) is 18.2. The summed E-state index contributed by atoms with van der Waals surface area (Å²) in [6.45, 7) is 9.79. The molecular formula is C20H24IN3O. The molecule has 1 fully saturated rings. The Morgan fingerprint density at radius 1 is 1.12 bits per heavy atom. The van der Waals surface area contributed by atoms with E-state index < -0.39 is 0 Å². The number of nitrogens with one attached hydrogen (secondary N) is 1. The number of nitrogens with zero attached hydrogens (tertiary/aromatic N) is 2. The van der Waals surface area contributed by atoms with Crippen LogP contribution in [0.25, 0.3) is 0 Å². The summed E-state index contributed by atoms with van der Waals surface area (Å²) in [5.41, 5.74) is 4.02. The van der Waals surface area contributed by atoms with Crippen molar-refractivity contribution < 1.29 is 4.79 Å². The van der Waals surface area contributed by atoms with Crippen LogP contribution >= 0.6 is 22.6 Å². The van der Waals surface area contributed by atoms with Crippen LogP contribution in [0.1, 0.15) is 22.8 Å². The van der Waals surface area contributed by atoms with Crippen LogP contribution in [0.5, 0.6) is 0 Å². The van der Waals surface area contributed by atoms with Gasteiger partial charge in [0.05, 0.1) is 5.56 Å². The number of aryl methyl sites for hydroxylation is 1. The Bertz CT molecular complexity index is 754. The Morgan fingerprint density at radius 2 is 1.84 bits per heavy atom. The lowest BCUT2D eigenvalue weighted by molar-refractivity contribution is 0.102. The highest BCUT2D eigenvalue weighted by Gasteiger charge is 2.17. The van der Waals surface area contributed by atoms with Crippen LogP contribution in [0.15, 0.2) is 42.5 Å². The molecule has 25 heavy (non-hydrogen) atoms. The fraction of sp³-hybridized carbons (Fsp3) is 0.350. The van der Waals surface area contributed by atoms with Gasteiger partial charge in [0.2, 0.25) is 0 Å². The van der Waals surface area contributed by atoms with Crippen molar-refractivity contribution in [2.75, 3.05) is 42.9 Å². The normalized spacial score (nSPS) is 15.2. The molecule has 0 bridgehead atoms. The zero-order valence-electron chi connectivity index (χ0n) is 14.8. The van der Waals surface area contributed by atoms with Crippen LogP contribution in [0.3, 0.4) is 0 Å². The Kier molecular flexibility index (Phi) is 5.96. The van der Waals surface area contributed by atoms with Crippen molar-refractivity contribution >= 4 is 39.9 Å². The molecule has 1 amide bonds. The molecule has 2 aromatic carbocycles. The largest absolute Gasteiger partial charge is 0.369 e. The zero-order chi connectivity index (χ0) is 17.8. The van der Waals surface area contributed by atoms with Crippen molar-refractivity contribution in [2.45, 2.75) is 13.8 Å². The molecule has 0 spiro atoms. The van der Waals surface area contributed by atoms with E-state index in [0.29, 0.717) is 5.56 Å². The molecule has 0 aromatic heterocycles. The number of carbonyl (C=O) groups is 1. The van der Waals surface area contributed by atoms with Crippen molar-refractivity contribution in [1.82, 2.24) is 4.90 Å². The van der Waals surface area contributed by atoms with Crippen molar-refractivity contribution in [1.29, 1.82) is 0 Å². The van der Waals surface area contributed by atoms with Crippen LogP contribution in [0.4, 0.5) is 11.4 Å². The van der Waals surface area contributed by atoms with Crippen molar-refractivity contribution in [3.63, 3.8) is 0 Å². The van der Waals surface area contributed by atoms with Gasteiger partial charge >= 0.3 is 0 Å². The summed E-state index contributed by atoms with van der Waals surface area (Å²) in [5, 5.41) is 3.02. The lowest BCUT2D eigenvalue weighted by atomic mass is 10.1. The molecule has 4 nitrogen and oxygen atoms in total. The highest BCUT2D eigenvalue weighted by molar-refractivity contribution is 14.1. The number of halogens is 1. The van der Waals surface area contributed by atoms with Gasteiger partial charge in [-0.2, -0.15) is 0 Å².